The van der Waals surface area contributed by atoms with Crippen LogP contribution in [0, 0.1) is 0 Å². The standard InChI is InChI=1S/C5H10N2O/c1-3-7(4-2)5(6)8/h3H,1,4H2,2H3,(H2,6,8). The Morgan fingerprint density at radius 3 is 2.50 bits per heavy atom. The van der Waals surface area contributed by atoms with E-state index in [4.69, 9.17) is 5.73 Å². The second-order valence-corrected chi connectivity index (χ2v) is 1.31. The zero-order valence-electron chi connectivity index (χ0n) is 4.92. The predicted molar refractivity (Wildman–Crippen MR) is 32.2 cm³/mol. The van der Waals surface area contributed by atoms with E-state index >= 15 is 0 Å². The zero-order valence-corrected chi connectivity index (χ0v) is 4.92. The van der Waals surface area contributed by atoms with Crippen molar-refractivity contribution in [1.29, 1.82) is 0 Å². The van der Waals surface area contributed by atoms with E-state index in [-0.39, 0.29) is 0 Å². The molecule has 0 aliphatic rings. The molecule has 3 nitrogen and oxygen atoms in total. The molecule has 0 saturated carbocycles. The van der Waals surface area contributed by atoms with Gasteiger partial charge in [-0.3, -0.25) is 0 Å². The van der Waals surface area contributed by atoms with Crippen LogP contribution < -0.4 is 5.73 Å². The van der Waals surface area contributed by atoms with E-state index in [0.717, 1.165) is 0 Å². The average Bonchev–Trinajstić information content (AvgIpc) is 1.69. The lowest BCUT2D eigenvalue weighted by molar-refractivity contribution is 0.226. The monoisotopic (exact) mass is 114 g/mol. The van der Waals surface area contributed by atoms with E-state index < -0.39 is 6.03 Å². The van der Waals surface area contributed by atoms with Gasteiger partial charge in [0.2, 0.25) is 0 Å². The number of hydrogen-bond donors (Lipinski definition) is 1. The molecule has 0 aromatic rings. The quantitative estimate of drug-likeness (QED) is 0.559. The van der Waals surface area contributed by atoms with Crippen molar-refractivity contribution in [1.82, 2.24) is 4.90 Å². The Balaban J connectivity index is 3.69. The highest BCUT2D eigenvalue weighted by molar-refractivity contribution is 5.72. The minimum absolute atomic E-state index is 0.456. The summed E-state index contributed by atoms with van der Waals surface area (Å²) < 4.78 is 0. The number of primary amides is 1. The lowest BCUT2D eigenvalue weighted by Gasteiger charge is -2.09. The molecule has 2 N–H and O–H groups in total. The van der Waals surface area contributed by atoms with Crippen molar-refractivity contribution in [2.24, 2.45) is 5.73 Å². The molecular weight excluding hydrogens is 104 g/mol. The molecule has 0 aromatic carbocycles. The fourth-order valence-electron chi connectivity index (χ4n) is 0.375. The molecule has 0 bridgehead atoms. The Morgan fingerprint density at radius 1 is 2.00 bits per heavy atom. The smallest absolute Gasteiger partial charge is 0.318 e. The van der Waals surface area contributed by atoms with Crippen LogP contribution in [0.25, 0.3) is 0 Å². The molecule has 8 heavy (non-hydrogen) atoms. The van der Waals surface area contributed by atoms with E-state index in [9.17, 15) is 4.79 Å². The minimum Gasteiger partial charge on any atom is -0.351 e. The predicted octanol–water partition coefficient (Wildman–Crippen LogP) is 0.531. The number of hydrogen-bond acceptors (Lipinski definition) is 1. The SMILES string of the molecule is C=CN(CC)C(N)=O. The molecule has 46 valence electrons. The van der Waals surface area contributed by atoms with Gasteiger partial charge in [0.15, 0.2) is 0 Å². The summed E-state index contributed by atoms with van der Waals surface area (Å²) in [6.45, 7) is 5.79. The van der Waals surface area contributed by atoms with Gasteiger partial charge in [0, 0.05) is 12.7 Å². The summed E-state index contributed by atoms with van der Waals surface area (Å²) in [5, 5.41) is 0. The van der Waals surface area contributed by atoms with Crippen LogP contribution in [0.1, 0.15) is 6.92 Å². The van der Waals surface area contributed by atoms with Gasteiger partial charge in [-0.2, -0.15) is 0 Å². The third-order valence-corrected chi connectivity index (χ3v) is 0.844. The number of urea groups is 1. The van der Waals surface area contributed by atoms with Crippen molar-refractivity contribution in [3.8, 4) is 0 Å². The van der Waals surface area contributed by atoms with E-state index in [0.29, 0.717) is 6.54 Å². The Labute approximate surface area is 48.8 Å². The molecule has 0 saturated heterocycles. The highest BCUT2D eigenvalue weighted by atomic mass is 16.2. The average molecular weight is 114 g/mol. The number of carbonyl (C=O) groups excluding carboxylic acids is 1. The molecule has 0 radical (unpaired) electrons. The Kier molecular flexibility index (Phi) is 2.69. The van der Waals surface area contributed by atoms with Gasteiger partial charge in [-0.15, -0.1) is 0 Å². The summed E-state index contributed by atoms with van der Waals surface area (Å²) in [5.41, 5.74) is 4.87. The van der Waals surface area contributed by atoms with Crippen LogP contribution in [-0.2, 0) is 0 Å². The van der Waals surface area contributed by atoms with Crippen molar-refractivity contribution in [2.45, 2.75) is 6.92 Å². The van der Waals surface area contributed by atoms with Gasteiger partial charge in [0.25, 0.3) is 0 Å². The van der Waals surface area contributed by atoms with Gasteiger partial charge in [0.05, 0.1) is 0 Å². The Bertz CT molecular complexity index is 101. The largest absolute Gasteiger partial charge is 0.351 e. The molecule has 0 aliphatic heterocycles. The van der Waals surface area contributed by atoms with Gasteiger partial charge < -0.3 is 10.6 Å². The van der Waals surface area contributed by atoms with Crippen molar-refractivity contribution in [3.63, 3.8) is 0 Å². The third-order valence-electron chi connectivity index (χ3n) is 0.844. The van der Waals surface area contributed by atoms with Crippen LogP contribution in [0.2, 0.25) is 0 Å². The summed E-state index contributed by atoms with van der Waals surface area (Å²) in [6, 6.07) is -0.456. The Hall–Kier alpha value is -0.990. The summed E-state index contributed by atoms with van der Waals surface area (Å²) in [5.74, 6) is 0. The summed E-state index contributed by atoms with van der Waals surface area (Å²) in [7, 11) is 0. The van der Waals surface area contributed by atoms with E-state index in [1.807, 2.05) is 6.92 Å². The van der Waals surface area contributed by atoms with Gasteiger partial charge in [-0.25, -0.2) is 4.79 Å². The van der Waals surface area contributed by atoms with E-state index in [2.05, 4.69) is 6.58 Å². The maximum atomic E-state index is 10.2. The minimum atomic E-state index is -0.456. The lowest BCUT2D eigenvalue weighted by atomic mass is 10.6. The first-order chi connectivity index (χ1) is 3.72. The first-order valence-electron chi connectivity index (χ1n) is 2.41. The van der Waals surface area contributed by atoms with Crippen LogP contribution in [0.15, 0.2) is 12.8 Å². The summed E-state index contributed by atoms with van der Waals surface area (Å²) in [6.07, 6.45) is 1.41. The first-order valence-corrected chi connectivity index (χ1v) is 2.41. The number of carbonyl (C=O) groups is 1. The van der Waals surface area contributed by atoms with Crippen LogP contribution >= 0.6 is 0 Å². The molecule has 0 unspecified atom stereocenters. The van der Waals surface area contributed by atoms with Crippen molar-refractivity contribution < 1.29 is 4.79 Å². The fourth-order valence-corrected chi connectivity index (χ4v) is 0.375. The highest BCUT2D eigenvalue weighted by Gasteiger charge is 1.97. The molecular formula is C5H10N2O. The van der Waals surface area contributed by atoms with Crippen molar-refractivity contribution in [3.05, 3.63) is 12.8 Å². The maximum Gasteiger partial charge on any atom is 0.318 e. The molecule has 0 heterocycles. The van der Waals surface area contributed by atoms with Crippen LogP contribution in [0.4, 0.5) is 4.79 Å². The molecule has 0 rings (SSSR count). The van der Waals surface area contributed by atoms with Crippen LogP contribution in [-0.4, -0.2) is 17.5 Å². The molecule has 0 aromatic heterocycles. The zero-order chi connectivity index (χ0) is 6.57. The fraction of sp³-hybridized carbons (Fsp3) is 0.400. The second-order valence-electron chi connectivity index (χ2n) is 1.31. The lowest BCUT2D eigenvalue weighted by Crippen LogP contribution is -2.30. The third kappa shape index (κ3) is 1.64. The second kappa shape index (κ2) is 3.07. The van der Waals surface area contributed by atoms with E-state index in [1.165, 1.54) is 11.1 Å². The highest BCUT2D eigenvalue weighted by Crippen LogP contribution is 1.83. The molecule has 0 aliphatic carbocycles. The summed E-state index contributed by atoms with van der Waals surface area (Å²) >= 11 is 0. The maximum absolute atomic E-state index is 10.2. The topological polar surface area (TPSA) is 46.3 Å². The van der Waals surface area contributed by atoms with Crippen molar-refractivity contribution in [2.75, 3.05) is 6.54 Å². The van der Waals surface area contributed by atoms with E-state index in [1.54, 1.807) is 0 Å². The number of amides is 2. The van der Waals surface area contributed by atoms with Crippen LogP contribution in [0.3, 0.4) is 0 Å². The van der Waals surface area contributed by atoms with Crippen molar-refractivity contribution >= 4 is 6.03 Å². The number of rotatable bonds is 2. The van der Waals surface area contributed by atoms with Gasteiger partial charge in [-0.05, 0) is 6.92 Å². The molecule has 0 spiro atoms. The molecule has 0 atom stereocenters. The normalized spacial score (nSPS) is 8.12. The first kappa shape index (κ1) is 7.01. The summed E-state index contributed by atoms with van der Waals surface area (Å²) in [4.78, 5) is 11.6. The van der Waals surface area contributed by atoms with Gasteiger partial charge in [-0.1, -0.05) is 6.58 Å². The Morgan fingerprint density at radius 2 is 2.50 bits per heavy atom. The molecule has 0 fully saturated rings. The number of nitrogens with zero attached hydrogens (tertiary/aromatic N) is 1. The molecule has 3 heteroatoms. The van der Waals surface area contributed by atoms with Gasteiger partial charge >= 0.3 is 6.03 Å². The number of nitrogens with two attached hydrogens (primary N) is 1. The molecule has 2 amide bonds. The van der Waals surface area contributed by atoms with Gasteiger partial charge in [0.1, 0.15) is 0 Å². The van der Waals surface area contributed by atoms with Crippen LogP contribution in [0.5, 0.6) is 0 Å².